The van der Waals surface area contributed by atoms with E-state index in [2.05, 4.69) is 5.32 Å². The van der Waals surface area contributed by atoms with Gasteiger partial charge in [0.15, 0.2) is 0 Å². The minimum Gasteiger partial charge on any atom is -0.326 e. The molecule has 0 fully saturated rings. The molecule has 0 spiro atoms. The van der Waals surface area contributed by atoms with Gasteiger partial charge in [0.1, 0.15) is 0 Å². The van der Waals surface area contributed by atoms with E-state index >= 15 is 0 Å². The van der Waals surface area contributed by atoms with E-state index in [4.69, 9.17) is 0 Å². The molecule has 1 N–H and O–H groups in total. The Hall–Kier alpha value is -2.62. The minimum absolute atomic E-state index is 0.0659. The third-order valence-electron chi connectivity index (χ3n) is 3.42. The van der Waals surface area contributed by atoms with Crippen molar-refractivity contribution in [3.63, 3.8) is 0 Å². The predicted octanol–water partition coefficient (Wildman–Crippen LogP) is 3.24. The maximum Gasteiger partial charge on any atom is 0.227 e. The fourth-order valence-corrected chi connectivity index (χ4v) is 2.18. The Bertz CT molecular complexity index is 636. The number of benzene rings is 2. The summed E-state index contributed by atoms with van der Waals surface area (Å²) in [5.74, 6) is -0.0452. The summed E-state index contributed by atoms with van der Waals surface area (Å²) in [5, 5.41) is 2.70. The second kappa shape index (κ2) is 7.41. The molecule has 22 heavy (non-hydrogen) atoms. The predicted molar refractivity (Wildman–Crippen MR) is 88.9 cm³/mol. The molecule has 0 aromatic heterocycles. The van der Waals surface area contributed by atoms with Crippen molar-refractivity contribution in [1.82, 2.24) is 0 Å². The Kier molecular flexibility index (Phi) is 5.31. The standard InChI is InChI=1S/C18H20N2O2/c1-14(21)19-16-9-11-17(12-10-16)20(2)18(22)13-8-15-6-4-3-5-7-15/h3-7,9-12H,8,13H2,1-2H3,(H,19,21). The lowest BCUT2D eigenvalue weighted by Gasteiger charge is -2.18. The lowest BCUT2D eigenvalue weighted by atomic mass is 10.1. The Balaban J connectivity index is 1.93. The summed E-state index contributed by atoms with van der Waals surface area (Å²) < 4.78 is 0. The summed E-state index contributed by atoms with van der Waals surface area (Å²) in [6.07, 6.45) is 1.20. The first-order chi connectivity index (χ1) is 10.6. The molecule has 2 amide bonds. The van der Waals surface area contributed by atoms with Crippen LogP contribution in [-0.2, 0) is 16.0 Å². The molecular formula is C18H20N2O2. The number of carbonyl (C=O) groups is 2. The third-order valence-corrected chi connectivity index (χ3v) is 3.42. The number of anilines is 2. The molecule has 0 radical (unpaired) electrons. The van der Waals surface area contributed by atoms with Crippen molar-refractivity contribution in [3.05, 3.63) is 60.2 Å². The van der Waals surface area contributed by atoms with Crippen LogP contribution in [0.3, 0.4) is 0 Å². The van der Waals surface area contributed by atoms with E-state index in [1.54, 1.807) is 24.1 Å². The Morgan fingerprint density at radius 2 is 1.64 bits per heavy atom. The van der Waals surface area contributed by atoms with Gasteiger partial charge in [0.25, 0.3) is 0 Å². The van der Waals surface area contributed by atoms with Gasteiger partial charge in [-0.15, -0.1) is 0 Å². The van der Waals surface area contributed by atoms with Crippen LogP contribution in [0.15, 0.2) is 54.6 Å². The average molecular weight is 296 g/mol. The molecule has 0 bridgehead atoms. The largest absolute Gasteiger partial charge is 0.326 e. The van der Waals surface area contributed by atoms with Gasteiger partial charge in [0.05, 0.1) is 0 Å². The number of carbonyl (C=O) groups excluding carboxylic acids is 2. The molecule has 114 valence electrons. The molecule has 0 heterocycles. The first-order valence-corrected chi connectivity index (χ1v) is 7.24. The molecule has 0 aliphatic carbocycles. The van der Waals surface area contributed by atoms with Gasteiger partial charge in [0, 0.05) is 31.8 Å². The van der Waals surface area contributed by atoms with Crippen molar-refractivity contribution in [1.29, 1.82) is 0 Å². The van der Waals surface area contributed by atoms with Crippen LogP contribution in [0.1, 0.15) is 18.9 Å². The second-order valence-electron chi connectivity index (χ2n) is 5.17. The molecule has 4 heteroatoms. The monoisotopic (exact) mass is 296 g/mol. The fraction of sp³-hybridized carbons (Fsp3) is 0.222. The highest BCUT2D eigenvalue weighted by atomic mass is 16.2. The summed E-state index contributed by atoms with van der Waals surface area (Å²) in [4.78, 5) is 24.9. The van der Waals surface area contributed by atoms with Crippen molar-refractivity contribution < 1.29 is 9.59 Å². The molecule has 2 rings (SSSR count). The van der Waals surface area contributed by atoms with Gasteiger partial charge in [-0.05, 0) is 36.2 Å². The molecule has 0 atom stereocenters. The number of aryl methyl sites for hydroxylation is 1. The highest BCUT2D eigenvalue weighted by molar-refractivity contribution is 5.93. The second-order valence-corrected chi connectivity index (χ2v) is 5.17. The number of hydrogen-bond donors (Lipinski definition) is 1. The zero-order valence-corrected chi connectivity index (χ0v) is 12.9. The average Bonchev–Trinajstić information content (AvgIpc) is 2.53. The maximum absolute atomic E-state index is 12.2. The summed E-state index contributed by atoms with van der Waals surface area (Å²) in [6, 6.07) is 17.2. The Morgan fingerprint density at radius 1 is 1.00 bits per heavy atom. The quantitative estimate of drug-likeness (QED) is 0.921. The van der Waals surface area contributed by atoms with E-state index < -0.39 is 0 Å². The summed E-state index contributed by atoms with van der Waals surface area (Å²) in [6.45, 7) is 1.47. The third kappa shape index (κ3) is 4.45. The number of rotatable bonds is 5. The van der Waals surface area contributed by atoms with Crippen LogP contribution in [-0.4, -0.2) is 18.9 Å². The number of hydrogen-bond acceptors (Lipinski definition) is 2. The Labute approximate surface area is 130 Å². The molecule has 2 aromatic carbocycles. The molecule has 0 aliphatic heterocycles. The maximum atomic E-state index is 12.2. The normalized spacial score (nSPS) is 10.1. The molecule has 4 nitrogen and oxygen atoms in total. The molecular weight excluding hydrogens is 276 g/mol. The lowest BCUT2D eigenvalue weighted by molar-refractivity contribution is -0.118. The van der Waals surface area contributed by atoms with Crippen LogP contribution in [0.2, 0.25) is 0 Å². The van der Waals surface area contributed by atoms with Crippen molar-refractivity contribution in [3.8, 4) is 0 Å². The summed E-state index contributed by atoms with van der Waals surface area (Å²) in [7, 11) is 1.76. The minimum atomic E-state index is -0.111. The van der Waals surface area contributed by atoms with Crippen molar-refractivity contribution in [2.45, 2.75) is 19.8 Å². The molecule has 0 saturated carbocycles. The van der Waals surface area contributed by atoms with Gasteiger partial charge in [0.2, 0.25) is 11.8 Å². The van der Waals surface area contributed by atoms with Gasteiger partial charge in [-0.2, -0.15) is 0 Å². The van der Waals surface area contributed by atoms with E-state index in [1.165, 1.54) is 6.92 Å². The first kappa shape index (κ1) is 15.8. The Morgan fingerprint density at radius 3 is 2.23 bits per heavy atom. The molecule has 0 unspecified atom stereocenters. The van der Waals surface area contributed by atoms with Crippen molar-refractivity contribution >= 4 is 23.2 Å². The van der Waals surface area contributed by atoms with E-state index in [1.807, 2.05) is 42.5 Å². The number of nitrogens with one attached hydrogen (secondary N) is 1. The van der Waals surface area contributed by atoms with E-state index in [0.29, 0.717) is 6.42 Å². The highest BCUT2D eigenvalue weighted by Crippen LogP contribution is 2.18. The fourth-order valence-electron chi connectivity index (χ4n) is 2.18. The zero-order valence-electron chi connectivity index (χ0n) is 12.9. The molecule has 0 saturated heterocycles. The molecule has 0 aliphatic rings. The van der Waals surface area contributed by atoms with Gasteiger partial charge in [-0.25, -0.2) is 0 Å². The van der Waals surface area contributed by atoms with Gasteiger partial charge < -0.3 is 10.2 Å². The van der Waals surface area contributed by atoms with Crippen molar-refractivity contribution in [2.75, 3.05) is 17.3 Å². The van der Waals surface area contributed by atoms with Crippen LogP contribution in [0.25, 0.3) is 0 Å². The van der Waals surface area contributed by atoms with Crippen LogP contribution < -0.4 is 10.2 Å². The van der Waals surface area contributed by atoms with Gasteiger partial charge in [-0.1, -0.05) is 30.3 Å². The van der Waals surface area contributed by atoms with Gasteiger partial charge in [-0.3, -0.25) is 9.59 Å². The zero-order chi connectivity index (χ0) is 15.9. The lowest BCUT2D eigenvalue weighted by Crippen LogP contribution is -2.26. The number of nitrogens with zero attached hydrogens (tertiary/aromatic N) is 1. The van der Waals surface area contributed by atoms with Crippen LogP contribution in [0.5, 0.6) is 0 Å². The highest BCUT2D eigenvalue weighted by Gasteiger charge is 2.11. The van der Waals surface area contributed by atoms with E-state index in [-0.39, 0.29) is 11.8 Å². The summed E-state index contributed by atoms with van der Waals surface area (Å²) in [5.41, 5.74) is 2.69. The van der Waals surface area contributed by atoms with Gasteiger partial charge >= 0.3 is 0 Å². The van der Waals surface area contributed by atoms with E-state index in [0.717, 1.165) is 23.4 Å². The van der Waals surface area contributed by atoms with Crippen molar-refractivity contribution in [2.24, 2.45) is 0 Å². The number of amides is 2. The van der Waals surface area contributed by atoms with Crippen LogP contribution in [0, 0.1) is 0 Å². The SMILES string of the molecule is CC(=O)Nc1ccc(N(C)C(=O)CCc2ccccc2)cc1. The first-order valence-electron chi connectivity index (χ1n) is 7.24. The van der Waals surface area contributed by atoms with Crippen LogP contribution >= 0.6 is 0 Å². The van der Waals surface area contributed by atoms with Crippen LogP contribution in [0.4, 0.5) is 11.4 Å². The summed E-state index contributed by atoms with van der Waals surface area (Å²) >= 11 is 0. The van der Waals surface area contributed by atoms with E-state index in [9.17, 15) is 9.59 Å². The topological polar surface area (TPSA) is 49.4 Å². The smallest absolute Gasteiger partial charge is 0.227 e. The molecule has 2 aromatic rings.